The lowest BCUT2D eigenvalue weighted by Crippen LogP contribution is -2.48. The van der Waals surface area contributed by atoms with Crippen molar-refractivity contribution in [3.05, 3.63) is 45.3 Å². The summed E-state index contributed by atoms with van der Waals surface area (Å²) in [7, 11) is 0. The molecule has 1 saturated heterocycles. The number of rotatable bonds is 4. The zero-order valence-electron chi connectivity index (χ0n) is 19.1. The highest BCUT2D eigenvalue weighted by molar-refractivity contribution is 7.16. The molecule has 1 aliphatic heterocycles. The third-order valence-corrected chi connectivity index (χ3v) is 8.17. The molecule has 1 amide bonds. The van der Waals surface area contributed by atoms with Crippen molar-refractivity contribution in [1.29, 1.82) is 5.26 Å². The zero-order chi connectivity index (χ0) is 22.9. The van der Waals surface area contributed by atoms with E-state index in [2.05, 4.69) is 48.0 Å². The lowest BCUT2D eigenvalue weighted by Gasteiger charge is -2.35. The van der Waals surface area contributed by atoms with Crippen molar-refractivity contribution in [2.75, 3.05) is 42.9 Å². The molecule has 4 rings (SSSR count). The van der Waals surface area contributed by atoms with Crippen LogP contribution in [0.4, 0.5) is 10.7 Å². The summed E-state index contributed by atoms with van der Waals surface area (Å²) in [6.45, 7) is 10.6. The molecule has 1 unspecified atom stereocenters. The number of piperazine rings is 1. The number of nitrogens with one attached hydrogen (secondary N) is 1. The van der Waals surface area contributed by atoms with Gasteiger partial charge in [0.1, 0.15) is 11.1 Å². The van der Waals surface area contributed by atoms with E-state index in [1.54, 1.807) is 11.3 Å². The Balaban J connectivity index is 1.35. The van der Waals surface area contributed by atoms with Crippen LogP contribution in [0.1, 0.15) is 43.2 Å². The molecule has 2 aliphatic rings. The Morgan fingerprint density at radius 3 is 2.69 bits per heavy atom. The fourth-order valence-corrected chi connectivity index (χ4v) is 6.22. The molecule has 0 saturated carbocycles. The van der Waals surface area contributed by atoms with Gasteiger partial charge in [-0.1, -0.05) is 38.4 Å². The molecule has 1 atom stereocenters. The van der Waals surface area contributed by atoms with Crippen LogP contribution in [0.3, 0.4) is 0 Å². The van der Waals surface area contributed by atoms with Crippen molar-refractivity contribution >= 4 is 39.5 Å². The van der Waals surface area contributed by atoms with Crippen LogP contribution < -0.4 is 10.2 Å². The second-order valence-electron chi connectivity index (χ2n) is 9.92. The number of thiophene rings is 1. The van der Waals surface area contributed by atoms with Crippen LogP contribution in [0.5, 0.6) is 0 Å². The summed E-state index contributed by atoms with van der Waals surface area (Å²) < 4.78 is 0. The number of amides is 1. The lowest BCUT2D eigenvalue weighted by atomic mass is 9.72. The van der Waals surface area contributed by atoms with Gasteiger partial charge < -0.3 is 10.2 Å². The fourth-order valence-electron chi connectivity index (χ4n) is 4.74. The van der Waals surface area contributed by atoms with Crippen LogP contribution >= 0.6 is 22.9 Å². The van der Waals surface area contributed by atoms with Gasteiger partial charge in [-0.15, -0.1) is 11.3 Å². The van der Waals surface area contributed by atoms with Crippen LogP contribution in [0, 0.1) is 22.7 Å². The Morgan fingerprint density at radius 1 is 1.28 bits per heavy atom. The van der Waals surface area contributed by atoms with E-state index < -0.39 is 0 Å². The van der Waals surface area contributed by atoms with Crippen LogP contribution in [0.2, 0.25) is 5.02 Å². The van der Waals surface area contributed by atoms with E-state index in [1.807, 2.05) is 18.2 Å². The van der Waals surface area contributed by atoms with Crippen LogP contribution in [0.15, 0.2) is 24.3 Å². The predicted octanol–water partition coefficient (Wildman–Crippen LogP) is 5.18. The standard InChI is InChI=1S/C25H31ClN4OS/c1-25(2,3)17-7-8-20-21(15-27)24(32-22(20)13-17)28-23(31)16-29-9-11-30(12-10-29)19-6-4-5-18(26)14-19/h4-6,14,17H,7-13,16H2,1-3H3,(H,28,31). The van der Waals surface area contributed by atoms with Crippen LogP contribution in [-0.2, 0) is 17.6 Å². The maximum Gasteiger partial charge on any atom is 0.239 e. The highest BCUT2D eigenvalue weighted by Gasteiger charge is 2.32. The highest BCUT2D eigenvalue weighted by Crippen LogP contribution is 2.44. The van der Waals surface area contributed by atoms with Crippen LogP contribution in [-0.4, -0.2) is 43.5 Å². The monoisotopic (exact) mass is 470 g/mol. The average Bonchev–Trinajstić information content (AvgIpc) is 3.09. The summed E-state index contributed by atoms with van der Waals surface area (Å²) in [5.41, 5.74) is 3.21. The minimum Gasteiger partial charge on any atom is -0.369 e. The number of carbonyl (C=O) groups is 1. The molecule has 2 heterocycles. The molecule has 2 aromatic rings. The smallest absolute Gasteiger partial charge is 0.239 e. The number of carbonyl (C=O) groups excluding carboxylic acids is 1. The molecule has 32 heavy (non-hydrogen) atoms. The first-order chi connectivity index (χ1) is 15.2. The number of fused-ring (bicyclic) bond motifs is 1. The molecule has 7 heteroatoms. The summed E-state index contributed by atoms with van der Waals surface area (Å²) in [5.74, 6) is 0.572. The minimum atomic E-state index is -0.0383. The second-order valence-corrected chi connectivity index (χ2v) is 11.5. The number of halogens is 1. The number of hydrogen-bond donors (Lipinski definition) is 1. The molecule has 5 nitrogen and oxygen atoms in total. The summed E-state index contributed by atoms with van der Waals surface area (Å²) in [6.07, 6.45) is 3.03. The van der Waals surface area contributed by atoms with Gasteiger partial charge in [-0.2, -0.15) is 5.26 Å². The second kappa shape index (κ2) is 9.43. The van der Waals surface area contributed by atoms with Crippen molar-refractivity contribution in [1.82, 2.24) is 4.90 Å². The molecule has 1 aliphatic carbocycles. The minimum absolute atomic E-state index is 0.0383. The predicted molar refractivity (Wildman–Crippen MR) is 133 cm³/mol. The molecule has 0 bridgehead atoms. The molecule has 0 radical (unpaired) electrons. The number of benzene rings is 1. The van der Waals surface area contributed by atoms with E-state index in [0.29, 0.717) is 18.0 Å². The SMILES string of the molecule is CC(C)(C)C1CCc2c(sc(NC(=O)CN3CCN(c4cccc(Cl)c4)CC3)c2C#N)C1. The molecule has 1 fully saturated rings. The first-order valence-corrected chi connectivity index (χ1v) is 12.5. The first kappa shape index (κ1) is 23.1. The Kier molecular flexibility index (Phi) is 6.80. The zero-order valence-corrected chi connectivity index (χ0v) is 20.7. The molecular weight excluding hydrogens is 440 g/mol. The first-order valence-electron chi connectivity index (χ1n) is 11.3. The largest absolute Gasteiger partial charge is 0.369 e. The number of anilines is 2. The quantitative estimate of drug-likeness (QED) is 0.668. The van der Waals surface area contributed by atoms with Gasteiger partial charge in [0.05, 0.1) is 12.1 Å². The van der Waals surface area contributed by atoms with Gasteiger partial charge in [0.2, 0.25) is 5.91 Å². The van der Waals surface area contributed by atoms with E-state index in [1.165, 1.54) is 4.88 Å². The number of nitriles is 1. The summed E-state index contributed by atoms with van der Waals surface area (Å²) in [4.78, 5) is 18.5. The Labute approximate surface area is 200 Å². The van der Waals surface area contributed by atoms with Gasteiger partial charge in [-0.25, -0.2) is 0 Å². The van der Waals surface area contributed by atoms with Gasteiger partial charge in [0.15, 0.2) is 0 Å². The van der Waals surface area contributed by atoms with E-state index in [0.717, 1.165) is 66.7 Å². The average molecular weight is 471 g/mol. The van der Waals surface area contributed by atoms with Crippen molar-refractivity contribution in [3.63, 3.8) is 0 Å². The van der Waals surface area contributed by atoms with Crippen molar-refractivity contribution in [2.45, 2.75) is 40.0 Å². The van der Waals surface area contributed by atoms with Gasteiger partial charge in [-0.3, -0.25) is 9.69 Å². The Hall–Kier alpha value is -2.07. The summed E-state index contributed by atoms with van der Waals surface area (Å²) in [6, 6.07) is 10.3. The fraction of sp³-hybridized carbons (Fsp3) is 0.520. The number of hydrogen-bond acceptors (Lipinski definition) is 5. The highest BCUT2D eigenvalue weighted by atomic mass is 35.5. The summed E-state index contributed by atoms with van der Waals surface area (Å²) in [5, 5.41) is 14.3. The maximum atomic E-state index is 12.8. The summed E-state index contributed by atoms with van der Waals surface area (Å²) >= 11 is 7.72. The Bertz CT molecular complexity index is 1030. The van der Waals surface area contributed by atoms with Gasteiger partial charge in [0.25, 0.3) is 0 Å². The van der Waals surface area contributed by atoms with Crippen molar-refractivity contribution in [2.24, 2.45) is 11.3 Å². The van der Waals surface area contributed by atoms with Crippen molar-refractivity contribution < 1.29 is 4.79 Å². The number of nitrogens with zero attached hydrogens (tertiary/aromatic N) is 3. The molecule has 0 spiro atoms. The van der Waals surface area contributed by atoms with Crippen molar-refractivity contribution in [3.8, 4) is 6.07 Å². The molecule has 170 valence electrons. The lowest BCUT2D eigenvalue weighted by molar-refractivity contribution is -0.117. The van der Waals surface area contributed by atoms with Gasteiger partial charge >= 0.3 is 0 Å². The normalized spacial score (nSPS) is 19.3. The molecule has 1 N–H and O–H groups in total. The molecular formula is C25H31ClN4OS. The van der Waals surface area contributed by atoms with Crippen LogP contribution in [0.25, 0.3) is 0 Å². The van der Waals surface area contributed by atoms with E-state index >= 15 is 0 Å². The maximum absolute atomic E-state index is 12.8. The van der Waals surface area contributed by atoms with Gasteiger partial charge in [0, 0.05) is 41.8 Å². The van der Waals surface area contributed by atoms with E-state index in [-0.39, 0.29) is 11.3 Å². The van der Waals surface area contributed by atoms with E-state index in [9.17, 15) is 10.1 Å². The Morgan fingerprint density at radius 2 is 2.03 bits per heavy atom. The van der Waals surface area contributed by atoms with Gasteiger partial charge in [-0.05, 0) is 54.4 Å². The molecule has 1 aromatic heterocycles. The molecule has 1 aromatic carbocycles. The topological polar surface area (TPSA) is 59.4 Å². The third kappa shape index (κ3) is 5.11. The third-order valence-electron chi connectivity index (χ3n) is 6.77. The van der Waals surface area contributed by atoms with E-state index in [4.69, 9.17) is 11.6 Å².